The molecule has 124 valence electrons. The zero-order chi connectivity index (χ0) is 16.4. The molecule has 5 nitrogen and oxygen atoms in total. The summed E-state index contributed by atoms with van der Waals surface area (Å²) in [6.07, 6.45) is 6.93. The normalized spacial score (nSPS) is 18.1. The van der Waals surface area contributed by atoms with Gasteiger partial charge in [0.25, 0.3) is 0 Å². The van der Waals surface area contributed by atoms with Crippen LogP contribution in [0.25, 0.3) is 22.3 Å². The largest absolute Gasteiger partial charge is 0.378 e. The number of aromatic nitrogens is 3. The van der Waals surface area contributed by atoms with Crippen LogP contribution in [0, 0.1) is 5.82 Å². The quantitative estimate of drug-likeness (QED) is 0.726. The first kappa shape index (κ1) is 15.2. The van der Waals surface area contributed by atoms with E-state index in [-0.39, 0.29) is 5.82 Å². The van der Waals surface area contributed by atoms with E-state index < -0.39 is 0 Å². The van der Waals surface area contributed by atoms with Crippen molar-refractivity contribution >= 4 is 10.9 Å². The zero-order valence-electron chi connectivity index (χ0n) is 13.2. The number of aryl methyl sites for hydroxylation is 1. The van der Waals surface area contributed by atoms with Crippen molar-refractivity contribution < 1.29 is 13.7 Å². The molecule has 1 aromatic carbocycles. The van der Waals surface area contributed by atoms with Gasteiger partial charge in [0.2, 0.25) is 11.7 Å². The molecule has 24 heavy (non-hydrogen) atoms. The summed E-state index contributed by atoms with van der Waals surface area (Å²) < 4.78 is 24.7. The third kappa shape index (κ3) is 3.14. The van der Waals surface area contributed by atoms with Crippen molar-refractivity contribution in [3.05, 3.63) is 42.2 Å². The van der Waals surface area contributed by atoms with Crippen LogP contribution < -0.4 is 0 Å². The van der Waals surface area contributed by atoms with E-state index in [0.717, 1.165) is 36.8 Å². The second kappa shape index (κ2) is 6.65. The molecule has 0 radical (unpaired) electrons. The van der Waals surface area contributed by atoms with E-state index in [2.05, 4.69) is 15.1 Å². The highest BCUT2D eigenvalue weighted by molar-refractivity contribution is 5.82. The van der Waals surface area contributed by atoms with Gasteiger partial charge >= 0.3 is 0 Å². The molecule has 1 aliphatic heterocycles. The van der Waals surface area contributed by atoms with Gasteiger partial charge in [-0.25, -0.2) is 4.39 Å². The van der Waals surface area contributed by atoms with Gasteiger partial charge in [-0.05, 0) is 37.8 Å². The Bertz CT molecular complexity index is 843. The van der Waals surface area contributed by atoms with Gasteiger partial charge in [0.05, 0.1) is 6.10 Å². The van der Waals surface area contributed by atoms with Gasteiger partial charge in [-0.1, -0.05) is 17.3 Å². The summed E-state index contributed by atoms with van der Waals surface area (Å²) in [6, 6.07) is 6.70. The van der Waals surface area contributed by atoms with E-state index in [1.54, 1.807) is 12.3 Å². The first-order chi connectivity index (χ1) is 11.8. The maximum atomic E-state index is 13.7. The monoisotopic (exact) mass is 327 g/mol. The average molecular weight is 327 g/mol. The average Bonchev–Trinajstić information content (AvgIpc) is 3.10. The number of pyridine rings is 1. The summed E-state index contributed by atoms with van der Waals surface area (Å²) in [5.74, 6) is 0.743. The van der Waals surface area contributed by atoms with E-state index in [4.69, 9.17) is 9.26 Å². The first-order valence-corrected chi connectivity index (χ1v) is 8.28. The minimum atomic E-state index is -0.333. The van der Waals surface area contributed by atoms with Crippen molar-refractivity contribution in [2.45, 2.75) is 38.2 Å². The standard InChI is InChI=1S/C18H18FN3O2/c19-15-6-3-4-12-10-13(11-20-17(12)15)18-21-16(24-22-18)8-7-14-5-1-2-9-23-14/h3-4,6,10-11,14H,1-2,5,7-9H2. The minimum Gasteiger partial charge on any atom is -0.378 e. The molecule has 0 amide bonds. The molecule has 1 saturated heterocycles. The highest BCUT2D eigenvalue weighted by Gasteiger charge is 2.16. The fourth-order valence-corrected chi connectivity index (χ4v) is 3.04. The maximum Gasteiger partial charge on any atom is 0.227 e. The predicted octanol–water partition coefficient (Wildman–Crippen LogP) is 3.93. The molecule has 4 rings (SSSR count). The lowest BCUT2D eigenvalue weighted by Crippen LogP contribution is -2.19. The first-order valence-electron chi connectivity index (χ1n) is 8.28. The molecule has 2 aromatic heterocycles. The van der Waals surface area contributed by atoms with Crippen LogP contribution >= 0.6 is 0 Å². The SMILES string of the molecule is Fc1cccc2cc(-c3noc(CCC4CCCCO4)n3)cnc12. The van der Waals surface area contributed by atoms with Crippen LogP contribution in [0.4, 0.5) is 4.39 Å². The Hall–Kier alpha value is -2.34. The van der Waals surface area contributed by atoms with Crippen molar-refractivity contribution in [2.75, 3.05) is 6.61 Å². The third-order valence-electron chi connectivity index (χ3n) is 4.34. The molecule has 1 aliphatic rings. The third-order valence-corrected chi connectivity index (χ3v) is 4.34. The van der Waals surface area contributed by atoms with Crippen molar-refractivity contribution in [2.24, 2.45) is 0 Å². The number of benzene rings is 1. The van der Waals surface area contributed by atoms with Crippen molar-refractivity contribution in [3.8, 4) is 11.4 Å². The number of fused-ring (bicyclic) bond motifs is 1. The fourth-order valence-electron chi connectivity index (χ4n) is 3.04. The van der Waals surface area contributed by atoms with E-state index in [1.807, 2.05) is 12.1 Å². The maximum absolute atomic E-state index is 13.7. The van der Waals surface area contributed by atoms with E-state index >= 15 is 0 Å². The number of nitrogens with zero attached hydrogens (tertiary/aromatic N) is 3. The molecule has 0 spiro atoms. The molecule has 1 unspecified atom stereocenters. The van der Waals surface area contributed by atoms with Gasteiger partial charge in [-0.15, -0.1) is 0 Å². The van der Waals surface area contributed by atoms with E-state index in [1.165, 1.54) is 12.5 Å². The predicted molar refractivity (Wildman–Crippen MR) is 86.9 cm³/mol. The van der Waals surface area contributed by atoms with Crippen LogP contribution in [-0.4, -0.2) is 27.8 Å². The van der Waals surface area contributed by atoms with Gasteiger partial charge in [0, 0.05) is 30.2 Å². The summed E-state index contributed by atoms with van der Waals surface area (Å²) in [6.45, 7) is 0.846. The Morgan fingerprint density at radius 3 is 3.08 bits per heavy atom. The summed E-state index contributed by atoms with van der Waals surface area (Å²) in [5.41, 5.74) is 1.07. The fraction of sp³-hybridized carbons (Fsp3) is 0.389. The molecular formula is C18H18FN3O2. The van der Waals surface area contributed by atoms with Crippen LogP contribution in [0.15, 0.2) is 35.0 Å². The second-order valence-electron chi connectivity index (χ2n) is 6.07. The summed E-state index contributed by atoms with van der Waals surface area (Å²) >= 11 is 0. The molecular weight excluding hydrogens is 309 g/mol. The molecule has 6 heteroatoms. The van der Waals surface area contributed by atoms with Crippen LogP contribution in [0.3, 0.4) is 0 Å². The Balaban J connectivity index is 1.49. The Kier molecular flexibility index (Phi) is 4.21. The number of para-hydroxylation sites is 1. The molecule has 0 N–H and O–H groups in total. The number of hydrogen-bond acceptors (Lipinski definition) is 5. The van der Waals surface area contributed by atoms with Gasteiger partial charge in [0.15, 0.2) is 0 Å². The lowest BCUT2D eigenvalue weighted by atomic mass is 10.0. The number of rotatable bonds is 4. The Morgan fingerprint density at radius 1 is 1.25 bits per heavy atom. The van der Waals surface area contributed by atoms with Gasteiger partial charge in [-0.2, -0.15) is 4.98 Å². The van der Waals surface area contributed by atoms with E-state index in [9.17, 15) is 4.39 Å². The smallest absolute Gasteiger partial charge is 0.227 e. The number of ether oxygens (including phenoxy) is 1. The topological polar surface area (TPSA) is 61.0 Å². The molecule has 0 aliphatic carbocycles. The Morgan fingerprint density at radius 2 is 2.21 bits per heavy atom. The van der Waals surface area contributed by atoms with Crippen molar-refractivity contribution in [3.63, 3.8) is 0 Å². The zero-order valence-corrected chi connectivity index (χ0v) is 13.2. The lowest BCUT2D eigenvalue weighted by molar-refractivity contribution is 0.0104. The minimum absolute atomic E-state index is 0.291. The molecule has 1 fully saturated rings. The number of halogens is 1. The summed E-state index contributed by atoms with van der Waals surface area (Å²) in [4.78, 5) is 8.60. The molecule has 3 heterocycles. The van der Waals surface area contributed by atoms with Crippen LogP contribution in [0.1, 0.15) is 31.6 Å². The lowest BCUT2D eigenvalue weighted by Gasteiger charge is -2.21. The molecule has 1 atom stereocenters. The molecule has 0 bridgehead atoms. The second-order valence-corrected chi connectivity index (χ2v) is 6.07. The van der Waals surface area contributed by atoms with Crippen LogP contribution in [0.2, 0.25) is 0 Å². The van der Waals surface area contributed by atoms with Gasteiger partial charge in [0.1, 0.15) is 11.3 Å². The van der Waals surface area contributed by atoms with Gasteiger partial charge in [-0.3, -0.25) is 4.98 Å². The van der Waals surface area contributed by atoms with Crippen LogP contribution in [0.5, 0.6) is 0 Å². The highest BCUT2D eigenvalue weighted by Crippen LogP contribution is 2.23. The number of hydrogen-bond donors (Lipinski definition) is 0. The van der Waals surface area contributed by atoms with Crippen molar-refractivity contribution in [1.82, 2.24) is 15.1 Å². The highest BCUT2D eigenvalue weighted by atomic mass is 19.1. The Labute approximate surface area is 138 Å². The molecule has 0 saturated carbocycles. The summed E-state index contributed by atoms with van der Waals surface area (Å²) in [5, 5.41) is 4.74. The van der Waals surface area contributed by atoms with E-state index in [0.29, 0.717) is 29.8 Å². The van der Waals surface area contributed by atoms with Gasteiger partial charge < -0.3 is 9.26 Å². The molecule has 3 aromatic rings. The van der Waals surface area contributed by atoms with Crippen LogP contribution in [-0.2, 0) is 11.2 Å². The van der Waals surface area contributed by atoms with Crippen molar-refractivity contribution in [1.29, 1.82) is 0 Å². The summed E-state index contributed by atoms with van der Waals surface area (Å²) in [7, 11) is 0.